The Kier molecular flexibility index (Phi) is 8.43. The fraction of sp³-hybridized carbons (Fsp3) is 0.533. The van der Waals surface area contributed by atoms with Crippen LogP contribution < -0.4 is 0 Å². The number of unbranched alkanes of at least 4 members (excludes halogenated alkanes) is 2. The van der Waals surface area contributed by atoms with E-state index in [2.05, 4.69) is 18.8 Å². The van der Waals surface area contributed by atoms with Crippen molar-refractivity contribution in [1.29, 1.82) is 0 Å². The van der Waals surface area contributed by atoms with E-state index >= 15 is 0 Å². The highest BCUT2D eigenvalue weighted by Crippen LogP contribution is 2.50. The minimum Gasteiger partial charge on any atom is -0.306 e. The van der Waals surface area contributed by atoms with Crippen molar-refractivity contribution in [2.75, 3.05) is 13.2 Å². The minimum absolute atomic E-state index is 0.456. The predicted molar refractivity (Wildman–Crippen MR) is 82.6 cm³/mol. The van der Waals surface area contributed by atoms with Crippen LogP contribution in [0.5, 0.6) is 0 Å². The van der Waals surface area contributed by atoms with Crippen LogP contribution in [0.3, 0.4) is 0 Å². The van der Waals surface area contributed by atoms with Gasteiger partial charge in [0.05, 0.1) is 13.2 Å². The third-order valence-corrected chi connectivity index (χ3v) is 4.27. The van der Waals surface area contributed by atoms with E-state index in [9.17, 15) is 4.57 Å². The number of aromatic nitrogens is 1. The maximum Gasteiger partial charge on any atom is 0.354 e. The molecule has 1 heterocycles. The highest BCUT2D eigenvalue weighted by molar-refractivity contribution is 7.57. The Balaban J connectivity index is 2.65. The van der Waals surface area contributed by atoms with Crippen LogP contribution in [0.1, 0.15) is 45.1 Å². The maximum atomic E-state index is 12.6. The Morgan fingerprint density at radius 3 is 2.35 bits per heavy atom. The van der Waals surface area contributed by atoms with Gasteiger partial charge in [-0.2, -0.15) is 0 Å². The standard InChI is InChI=1S/C15H24NO3P/c1-3-5-11-18-20(17,19-12-6-4-2)13-9-15-8-7-10-16-14-15/h7-10,13-14H,3-6,11-12H2,1-2H3. The first-order valence-corrected chi connectivity index (χ1v) is 8.79. The molecule has 1 aromatic heterocycles. The molecule has 20 heavy (non-hydrogen) atoms. The number of hydrogen-bond acceptors (Lipinski definition) is 4. The van der Waals surface area contributed by atoms with Crippen molar-refractivity contribution in [3.05, 3.63) is 35.9 Å². The molecule has 0 fully saturated rings. The first-order chi connectivity index (χ1) is 9.70. The van der Waals surface area contributed by atoms with Gasteiger partial charge in [-0.1, -0.05) is 32.8 Å². The summed E-state index contributed by atoms with van der Waals surface area (Å²) in [6, 6.07) is 3.73. The van der Waals surface area contributed by atoms with Crippen molar-refractivity contribution in [2.24, 2.45) is 0 Å². The summed E-state index contributed by atoms with van der Waals surface area (Å²) >= 11 is 0. The van der Waals surface area contributed by atoms with Gasteiger partial charge in [0.1, 0.15) is 0 Å². The molecule has 112 valence electrons. The largest absolute Gasteiger partial charge is 0.354 e. The summed E-state index contributed by atoms with van der Waals surface area (Å²) in [5.41, 5.74) is 0.880. The van der Waals surface area contributed by atoms with Gasteiger partial charge in [-0.3, -0.25) is 9.55 Å². The van der Waals surface area contributed by atoms with Crippen LogP contribution in [0.4, 0.5) is 0 Å². The van der Waals surface area contributed by atoms with E-state index in [-0.39, 0.29) is 0 Å². The highest BCUT2D eigenvalue weighted by Gasteiger charge is 2.20. The molecule has 0 atom stereocenters. The molecule has 0 aliphatic heterocycles. The molecule has 0 aromatic carbocycles. The third-order valence-electron chi connectivity index (χ3n) is 2.67. The van der Waals surface area contributed by atoms with Gasteiger partial charge >= 0.3 is 7.60 Å². The third kappa shape index (κ3) is 6.99. The molecule has 5 heteroatoms. The normalized spacial score (nSPS) is 12.1. The summed E-state index contributed by atoms with van der Waals surface area (Å²) in [6.45, 7) is 5.05. The predicted octanol–water partition coefficient (Wildman–Crippen LogP) is 4.88. The number of hydrogen-bond donors (Lipinski definition) is 0. The van der Waals surface area contributed by atoms with E-state index in [0.29, 0.717) is 13.2 Å². The molecule has 1 rings (SSSR count). The Bertz CT molecular complexity index is 420. The van der Waals surface area contributed by atoms with Crippen LogP contribution >= 0.6 is 7.60 Å². The zero-order valence-electron chi connectivity index (χ0n) is 12.3. The van der Waals surface area contributed by atoms with Gasteiger partial charge in [-0.05, 0) is 30.5 Å². The Morgan fingerprint density at radius 1 is 1.20 bits per heavy atom. The molecule has 0 saturated heterocycles. The quantitative estimate of drug-likeness (QED) is 0.456. The SMILES string of the molecule is CCCCOP(=O)(C=Cc1cccnc1)OCCCC. The molecule has 0 radical (unpaired) electrons. The fourth-order valence-electron chi connectivity index (χ4n) is 1.45. The molecule has 0 N–H and O–H groups in total. The van der Waals surface area contributed by atoms with Crippen LogP contribution in [0, 0.1) is 0 Å². The lowest BCUT2D eigenvalue weighted by atomic mass is 10.3. The van der Waals surface area contributed by atoms with E-state index in [1.807, 2.05) is 12.1 Å². The van der Waals surface area contributed by atoms with Crippen LogP contribution in [-0.2, 0) is 13.6 Å². The second kappa shape index (κ2) is 9.87. The second-order valence-electron chi connectivity index (χ2n) is 4.52. The molecule has 0 amide bonds. The van der Waals surface area contributed by atoms with Crippen molar-refractivity contribution in [3.63, 3.8) is 0 Å². The van der Waals surface area contributed by atoms with E-state index < -0.39 is 7.60 Å². The van der Waals surface area contributed by atoms with Gasteiger partial charge in [0.25, 0.3) is 0 Å². The summed E-state index contributed by atoms with van der Waals surface area (Å²) in [5, 5.41) is 0. The Morgan fingerprint density at radius 2 is 1.85 bits per heavy atom. The molecule has 0 unspecified atom stereocenters. The van der Waals surface area contributed by atoms with Gasteiger partial charge < -0.3 is 9.05 Å². The summed E-state index contributed by atoms with van der Waals surface area (Å²) in [7, 11) is -3.15. The Labute approximate surface area is 121 Å². The highest BCUT2D eigenvalue weighted by atomic mass is 31.2. The van der Waals surface area contributed by atoms with E-state index in [4.69, 9.17) is 9.05 Å². The lowest BCUT2D eigenvalue weighted by molar-refractivity contribution is 0.208. The minimum atomic E-state index is -3.15. The van der Waals surface area contributed by atoms with Gasteiger partial charge in [0.15, 0.2) is 0 Å². The monoisotopic (exact) mass is 297 g/mol. The molecule has 0 spiro atoms. The number of pyridine rings is 1. The van der Waals surface area contributed by atoms with Crippen LogP contribution in [0.15, 0.2) is 30.3 Å². The second-order valence-corrected chi connectivity index (χ2v) is 6.41. The molecule has 4 nitrogen and oxygen atoms in total. The van der Waals surface area contributed by atoms with Crippen LogP contribution in [-0.4, -0.2) is 18.2 Å². The first kappa shape index (κ1) is 17.1. The maximum absolute atomic E-state index is 12.6. The number of rotatable bonds is 10. The van der Waals surface area contributed by atoms with Gasteiger partial charge in [0.2, 0.25) is 0 Å². The molecular formula is C15H24NO3P. The smallest absolute Gasteiger partial charge is 0.306 e. The van der Waals surface area contributed by atoms with Crippen molar-refractivity contribution in [3.8, 4) is 0 Å². The van der Waals surface area contributed by atoms with Crippen LogP contribution in [0.25, 0.3) is 6.08 Å². The molecular weight excluding hydrogens is 273 g/mol. The molecule has 0 bridgehead atoms. The van der Waals surface area contributed by atoms with Crippen molar-refractivity contribution < 1.29 is 13.6 Å². The van der Waals surface area contributed by atoms with E-state index in [1.54, 1.807) is 18.5 Å². The van der Waals surface area contributed by atoms with Crippen molar-refractivity contribution in [1.82, 2.24) is 4.98 Å². The fourth-order valence-corrected chi connectivity index (χ4v) is 2.82. The molecule has 0 aliphatic carbocycles. The summed E-state index contributed by atoms with van der Waals surface area (Å²) < 4.78 is 23.5. The van der Waals surface area contributed by atoms with Gasteiger partial charge in [-0.25, -0.2) is 0 Å². The lowest BCUT2D eigenvalue weighted by Crippen LogP contribution is -1.97. The van der Waals surface area contributed by atoms with Crippen molar-refractivity contribution in [2.45, 2.75) is 39.5 Å². The number of nitrogens with zero attached hydrogens (tertiary/aromatic N) is 1. The summed E-state index contributed by atoms with van der Waals surface area (Å²) in [5.74, 6) is 1.54. The average Bonchev–Trinajstić information content (AvgIpc) is 2.47. The van der Waals surface area contributed by atoms with Gasteiger partial charge in [-0.15, -0.1) is 0 Å². The zero-order chi connectivity index (χ0) is 14.7. The van der Waals surface area contributed by atoms with E-state index in [1.165, 1.54) is 5.82 Å². The Hall–Kier alpha value is -0.960. The van der Waals surface area contributed by atoms with E-state index in [0.717, 1.165) is 31.2 Å². The van der Waals surface area contributed by atoms with Crippen LogP contribution in [0.2, 0.25) is 0 Å². The lowest BCUT2D eigenvalue weighted by Gasteiger charge is -2.15. The van der Waals surface area contributed by atoms with Crippen molar-refractivity contribution >= 4 is 13.7 Å². The summed E-state index contributed by atoms with van der Waals surface area (Å²) in [4.78, 5) is 4.01. The topological polar surface area (TPSA) is 48.4 Å². The molecule has 0 aliphatic rings. The average molecular weight is 297 g/mol. The first-order valence-electron chi connectivity index (χ1n) is 7.18. The zero-order valence-corrected chi connectivity index (χ0v) is 13.2. The summed E-state index contributed by atoms with van der Waals surface area (Å²) in [6.07, 6.45) is 8.91. The van der Waals surface area contributed by atoms with Gasteiger partial charge in [0, 0.05) is 18.2 Å². The molecule has 1 aromatic rings. The molecule has 0 saturated carbocycles.